The predicted octanol–water partition coefficient (Wildman–Crippen LogP) is 3.25. The Balaban J connectivity index is 2.51. The average Bonchev–Trinajstić information content (AvgIpc) is 2.02. The van der Waals surface area contributed by atoms with E-state index in [0.29, 0.717) is 0 Å². The first kappa shape index (κ1) is 10.3. The van der Waals surface area contributed by atoms with E-state index in [1.54, 1.807) is 0 Å². The van der Waals surface area contributed by atoms with Gasteiger partial charge in [0.15, 0.2) is 0 Å². The van der Waals surface area contributed by atoms with Crippen LogP contribution in [0.1, 0.15) is 5.56 Å². The molecule has 0 spiro atoms. The van der Waals surface area contributed by atoms with E-state index in [9.17, 15) is 0 Å². The van der Waals surface area contributed by atoms with Gasteiger partial charge >= 0.3 is 0 Å². The summed E-state index contributed by atoms with van der Waals surface area (Å²) >= 11 is 0. The van der Waals surface area contributed by atoms with Crippen LogP contribution in [0, 0.1) is 6.92 Å². The van der Waals surface area contributed by atoms with Crippen molar-refractivity contribution in [2.45, 2.75) is 26.6 Å². The molecule has 1 rings (SSSR count). The molecule has 0 fully saturated rings. The van der Waals surface area contributed by atoms with Gasteiger partial charge in [-0.3, -0.25) is 0 Å². The lowest BCUT2D eigenvalue weighted by Crippen LogP contribution is -2.29. The topological polar surface area (TPSA) is 9.23 Å². The number of benzene rings is 1. The van der Waals surface area contributed by atoms with Gasteiger partial charge in [0.1, 0.15) is 5.75 Å². The van der Waals surface area contributed by atoms with Crippen LogP contribution in [0.3, 0.4) is 0 Å². The van der Waals surface area contributed by atoms with Crippen LogP contribution in [-0.2, 0) is 0 Å². The van der Waals surface area contributed by atoms with Gasteiger partial charge in [-0.1, -0.05) is 37.3 Å². The molecule has 0 amide bonds. The zero-order chi connectivity index (χ0) is 9.90. The molecule has 13 heavy (non-hydrogen) atoms. The van der Waals surface area contributed by atoms with Gasteiger partial charge in [0, 0.05) is 0 Å². The molecule has 0 aliphatic rings. The summed E-state index contributed by atoms with van der Waals surface area (Å²) < 4.78 is 5.69. The normalized spacial score (nSPS) is 11.4. The quantitative estimate of drug-likeness (QED) is 0.671. The van der Waals surface area contributed by atoms with Crippen molar-refractivity contribution in [3.63, 3.8) is 0 Å². The maximum absolute atomic E-state index is 5.69. The van der Waals surface area contributed by atoms with Crippen LogP contribution >= 0.6 is 0 Å². The van der Waals surface area contributed by atoms with Crippen molar-refractivity contribution in [2.24, 2.45) is 0 Å². The van der Waals surface area contributed by atoms with E-state index in [0.717, 1.165) is 12.0 Å². The van der Waals surface area contributed by atoms with Crippen molar-refractivity contribution >= 4 is 8.07 Å². The molecule has 2 heteroatoms. The minimum atomic E-state index is -1.08. The fourth-order valence-corrected chi connectivity index (χ4v) is 1.53. The first-order valence-corrected chi connectivity index (χ1v) is 8.37. The third-order valence-corrected chi connectivity index (χ3v) is 2.70. The Labute approximate surface area is 81.8 Å². The van der Waals surface area contributed by atoms with Gasteiger partial charge in [-0.15, -0.1) is 0 Å². The fourth-order valence-electron chi connectivity index (χ4n) is 0.934. The van der Waals surface area contributed by atoms with Crippen molar-refractivity contribution in [1.82, 2.24) is 0 Å². The lowest BCUT2D eigenvalue weighted by Gasteiger charge is -2.16. The highest BCUT2D eigenvalue weighted by Crippen LogP contribution is 2.13. The monoisotopic (exact) mass is 194 g/mol. The summed E-state index contributed by atoms with van der Waals surface area (Å²) in [7, 11) is -1.08. The van der Waals surface area contributed by atoms with Crippen LogP contribution < -0.4 is 4.74 Å². The van der Waals surface area contributed by atoms with Crippen LogP contribution in [0.4, 0.5) is 0 Å². The van der Waals surface area contributed by atoms with Crippen molar-refractivity contribution < 1.29 is 4.74 Å². The molecule has 0 heterocycles. The van der Waals surface area contributed by atoms with E-state index in [-0.39, 0.29) is 0 Å². The number of hydrogen-bond donors (Lipinski definition) is 0. The average molecular weight is 194 g/mol. The van der Waals surface area contributed by atoms with Gasteiger partial charge in [-0.25, -0.2) is 0 Å². The molecular weight excluding hydrogens is 176 g/mol. The largest absolute Gasteiger partial charge is 0.497 e. The predicted molar refractivity (Wildman–Crippen MR) is 60.0 cm³/mol. The van der Waals surface area contributed by atoms with Crippen LogP contribution in [-0.4, -0.2) is 14.3 Å². The molecule has 0 N–H and O–H groups in total. The number of ether oxygens (including phenoxy) is 1. The molecule has 72 valence electrons. The summed E-state index contributed by atoms with van der Waals surface area (Å²) in [6, 6.07) is 8.24. The Hall–Kier alpha value is -0.763. The van der Waals surface area contributed by atoms with Crippen LogP contribution in [0.15, 0.2) is 24.3 Å². The standard InChI is InChI=1S/C11H18OSi/c1-10-5-7-11(8-6-10)12-9-13(2,3)4/h5-8H,9H2,1-4H3. The highest BCUT2D eigenvalue weighted by molar-refractivity contribution is 6.76. The summed E-state index contributed by atoms with van der Waals surface area (Å²) in [6.45, 7) is 9.01. The van der Waals surface area contributed by atoms with Gasteiger partial charge in [0.05, 0.1) is 14.3 Å². The van der Waals surface area contributed by atoms with Crippen molar-refractivity contribution in [3.05, 3.63) is 29.8 Å². The molecule has 1 aromatic carbocycles. The lowest BCUT2D eigenvalue weighted by atomic mass is 10.2. The molecule has 0 bridgehead atoms. The first-order valence-electron chi connectivity index (χ1n) is 4.67. The van der Waals surface area contributed by atoms with Gasteiger partial charge in [0.25, 0.3) is 0 Å². The second-order valence-electron chi connectivity index (χ2n) is 4.66. The highest BCUT2D eigenvalue weighted by Gasteiger charge is 2.13. The van der Waals surface area contributed by atoms with E-state index in [2.05, 4.69) is 38.7 Å². The maximum Gasteiger partial charge on any atom is 0.118 e. The third-order valence-electron chi connectivity index (χ3n) is 1.69. The summed E-state index contributed by atoms with van der Waals surface area (Å²) in [5.74, 6) is 0.994. The fraction of sp³-hybridized carbons (Fsp3) is 0.455. The minimum Gasteiger partial charge on any atom is -0.497 e. The van der Waals surface area contributed by atoms with Crippen LogP contribution in [0.25, 0.3) is 0 Å². The smallest absolute Gasteiger partial charge is 0.118 e. The Kier molecular flexibility index (Phi) is 3.15. The van der Waals surface area contributed by atoms with E-state index in [1.807, 2.05) is 12.1 Å². The summed E-state index contributed by atoms with van der Waals surface area (Å²) in [6.07, 6.45) is 0.899. The Bertz CT molecular complexity index is 258. The Morgan fingerprint density at radius 3 is 2.08 bits per heavy atom. The molecular formula is C11H18OSi. The molecule has 0 saturated carbocycles. The maximum atomic E-state index is 5.69. The molecule has 1 aromatic rings. The zero-order valence-electron chi connectivity index (χ0n) is 8.92. The van der Waals surface area contributed by atoms with Gasteiger partial charge in [-0.2, -0.15) is 0 Å². The summed E-state index contributed by atoms with van der Waals surface area (Å²) in [5, 5.41) is 0. The van der Waals surface area contributed by atoms with E-state index >= 15 is 0 Å². The van der Waals surface area contributed by atoms with Gasteiger partial charge < -0.3 is 4.74 Å². The Morgan fingerprint density at radius 1 is 1.08 bits per heavy atom. The molecule has 0 radical (unpaired) electrons. The Morgan fingerprint density at radius 2 is 1.62 bits per heavy atom. The highest BCUT2D eigenvalue weighted by atomic mass is 28.3. The van der Waals surface area contributed by atoms with Crippen molar-refractivity contribution in [1.29, 1.82) is 0 Å². The molecule has 0 atom stereocenters. The summed E-state index contributed by atoms with van der Waals surface area (Å²) in [4.78, 5) is 0. The van der Waals surface area contributed by atoms with E-state index in [4.69, 9.17) is 4.74 Å². The van der Waals surface area contributed by atoms with Crippen LogP contribution in [0.5, 0.6) is 5.75 Å². The molecule has 0 unspecified atom stereocenters. The molecule has 0 aliphatic carbocycles. The minimum absolute atomic E-state index is 0.899. The molecule has 0 aromatic heterocycles. The third kappa shape index (κ3) is 4.13. The van der Waals surface area contributed by atoms with Crippen LogP contribution in [0.2, 0.25) is 19.6 Å². The van der Waals surface area contributed by atoms with Crippen molar-refractivity contribution in [2.75, 3.05) is 6.23 Å². The second-order valence-corrected chi connectivity index (χ2v) is 10.1. The SMILES string of the molecule is Cc1ccc(OC[Si](C)(C)C)cc1. The van der Waals surface area contributed by atoms with E-state index in [1.165, 1.54) is 5.56 Å². The lowest BCUT2D eigenvalue weighted by molar-refractivity contribution is 0.378. The second kappa shape index (κ2) is 3.96. The number of aryl methyl sites for hydroxylation is 1. The molecule has 0 aliphatic heterocycles. The zero-order valence-corrected chi connectivity index (χ0v) is 9.92. The summed E-state index contributed by atoms with van der Waals surface area (Å²) in [5.41, 5.74) is 1.28. The molecule has 1 nitrogen and oxygen atoms in total. The molecule has 0 saturated heterocycles. The number of rotatable bonds is 3. The van der Waals surface area contributed by atoms with Crippen molar-refractivity contribution in [3.8, 4) is 5.75 Å². The first-order chi connectivity index (χ1) is 5.97. The van der Waals surface area contributed by atoms with Gasteiger partial charge in [-0.05, 0) is 19.1 Å². The number of hydrogen-bond acceptors (Lipinski definition) is 1. The van der Waals surface area contributed by atoms with Gasteiger partial charge in [0.2, 0.25) is 0 Å². The van der Waals surface area contributed by atoms with E-state index < -0.39 is 8.07 Å².